The van der Waals surface area contributed by atoms with Gasteiger partial charge >= 0.3 is 0 Å². The molecule has 2 aromatic carbocycles. The summed E-state index contributed by atoms with van der Waals surface area (Å²) in [6.45, 7) is 0. The Kier molecular flexibility index (Phi) is 3.48. The molecule has 1 amide bonds. The number of carbonyl (C=O) groups excluding carboxylic acids is 1. The van der Waals surface area contributed by atoms with Crippen molar-refractivity contribution in [1.82, 2.24) is 15.4 Å². The first-order valence-electron chi connectivity index (χ1n) is 5.81. The van der Waals surface area contributed by atoms with Gasteiger partial charge in [-0.3, -0.25) is 4.79 Å². The van der Waals surface area contributed by atoms with E-state index in [-0.39, 0.29) is 15.6 Å². The maximum Gasteiger partial charge on any atom is 0.258 e. The van der Waals surface area contributed by atoms with E-state index >= 15 is 0 Å². The van der Waals surface area contributed by atoms with Crippen molar-refractivity contribution in [1.29, 1.82) is 0 Å². The molecule has 0 saturated carbocycles. The average Bonchev–Trinajstić information content (AvgIpc) is 2.84. The SMILES string of the molecule is O=C(Nc1ccc2n[nH]nc2c1)c1c(Cl)cc(F)cc1Cl. The molecule has 0 aliphatic carbocycles. The number of carbonyl (C=O) groups is 1. The van der Waals surface area contributed by atoms with Crippen molar-refractivity contribution in [2.24, 2.45) is 0 Å². The van der Waals surface area contributed by atoms with Gasteiger partial charge in [0.2, 0.25) is 0 Å². The maximum absolute atomic E-state index is 13.1. The summed E-state index contributed by atoms with van der Waals surface area (Å²) >= 11 is 11.7. The van der Waals surface area contributed by atoms with Crippen LogP contribution in [0.15, 0.2) is 30.3 Å². The van der Waals surface area contributed by atoms with Gasteiger partial charge in [0.05, 0.1) is 15.6 Å². The molecule has 1 aromatic heterocycles. The van der Waals surface area contributed by atoms with Crippen LogP contribution in [0.25, 0.3) is 11.0 Å². The van der Waals surface area contributed by atoms with Gasteiger partial charge in [0.15, 0.2) is 0 Å². The standard InChI is InChI=1S/C13H7Cl2FN4O/c14-8-3-6(16)4-9(15)12(8)13(21)17-7-1-2-10-11(5-7)19-20-18-10/h1-5H,(H,17,21)(H,18,19,20). The molecule has 3 rings (SSSR count). The number of H-pyrrole nitrogens is 1. The Morgan fingerprint density at radius 1 is 1.10 bits per heavy atom. The van der Waals surface area contributed by atoms with E-state index in [0.717, 1.165) is 12.1 Å². The first-order valence-corrected chi connectivity index (χ1v) is 6.56. The van der Waals surface area contributed by atoms with Crippen LogP contribution in [-0.2, 0) is 0 Å². The number of fused-ring (bicyclic) bond motifs is 1. The zero-order chi connectivity index (χ0) is 15.0. The molecule has 0 saturated heterocycles. The molecule has 1 heterocycles. The fourth-order valence-electron chi connectivity index (χ4n) is 1.87. The van der Waals surface area contributed by atoms with E-state index in [1.165, 1.54) is 0 Å². The zero-order valence-electron chi connectivity index (χ0n) is 10.3. The van der Waals surface area contributed by atoms with E-state index < -0.39 is 11.7 Å². The van der Waals surface area contributed by atoms with Crippen LogP contribution in [0.5, 0.6) is 0 Å². The van der Waals surface area contributed by atoms with E-state index in [2.05, 4.69) is 20.7 Å². The highest BCUT2D eigenvalue weighted by molar-refractivity contribution is 6.40. The molecule has 3 aromatic rings. The molecule has 0 aliphatic heterocycles. The van der Waals surface area contributed by atoms with Crippen LogP contribution < -0.4 is 5.32 Å². The van der Waals surface area contributed by atoms with E-state index in [9.17, 15) is 9.18 Å². The second-order valence-corrected chi connectivity index (χ2v) is 5.04. The molecular formula is C13H7Cl2FN4O. The summed E-state index contributed by atoms with van der Waals surface area (Å²) < 4.78 is 13.1. The smallest absolute Gasteiger partial charge is 0.258 e. The molecule has 0 spiro atoms. The highest BCUT2D eigenvalue weighted by Gasteiger charge is 2.16. The number of hydrogen-bond acceptors (Lipinski definition) is 3. The highest BCUT2D eigenvalue weighted by atomic mass is 35.5. The van der Waals surface area contributed by atoms with Gasteiger partial charge in [-0.05, 0) is 30.3 Å². The van der Waals surface area contributed by atoms with Crippen LogP contribution in [0.4, 0.5) is 10.1 Å². The average molecular weight is 325 g/mol. The lowest BCUT2D eigenvalue weighted by molar-refractivity contribution is 0.102. The van der Waals surface area contributed by atoms with Crippen molar-refractivity contribution < 1.29 is 9.18 Å². The lowest BCUT2D eigenvalue weighted by Crippen LogP contribution is -2.13. The van der Waals surface area contributed by atoms with Crippen molar-refractivity contribution >= 4 is 45.8 Å². The topological polar surface area (TPSA) is 70.7 Å². The summed E-state index contributed by atoms with van der Waals surface area (Å²) in [6.07, 6.45) is 0. The van der Waals surface area contributed by atoms with Crippen LogP contribution in [-0.4, -0.2) is 21.3 Å². The molecule has 0 radical (unpaired) electrons. The van der Waals surface area contributed by atoms with Gasteiger partial charge in [0.25, 0.3) is 5.91 Å². The highest BCUT2D eigenvalue weighted by Crippen LogP contribution is 2.27. The minimum absolute atomic E-state index is 0.0139. The van der Waals surface area contributed by atoms with Crippen LogP contribution in [0, 0.1) is 5.82 Å². The summed E-state index contributed by atoms with van der Waals surface area (Å²) in [5.41, 5.74) is 1.78. The summed E-state index contributed by atoms with van der Waals surface area (Å²) in [5, 5.41) is 12.8. The number of amides is 1. The number of nitrogens with one attached hydrogen (secondary N) is 2. The Balaban J connectivity index is 1.92. The Hall–Kier alpha value is -2.18. The predicted molar refractivity (Wildman–Crippen MR) is 78.3 cm³/mol. The molecule has 0 bridgehead atoms. The summed E-state index contributed by atoms with van der Waals surface area (Å²) in [5.74, 6) is -1.14. The Morgan fingerprint density at radius 3 is 2.48 bits per heavy atom. The lowest BCUT2D eigenvalue weighted by atomic mass is 10.2. The molecular weight excluding hydrogens is 318 g/mol. The fraction of sp³-hybridized carbons (Fsp3) is 0. The first-order chi connectivity index (χ1) is 10.0. The van der Waals surface area contributed by atoms with E-state index in [4.69, 9.17) is 23.2 Å². The molecule has 2 N–H and O–H groups in total. The number of anilines is 1. The minimum atomic E-state index is -0.606. The van der Waals surface area contributed by atoms with Crippen LogP contribution in [0.2, 0.25) is 10.0 Å². The molecule has 106 valence electrons. The zero-order valence-corrected chi connectivity index (χ0v) is 11.8. The Labute approximate surface area is 128 Å². The van der Waals surface area contributed by atoms with E-state index in [1.807, 2.05) is 0 Å². The van der Waals surface area contributed by atoms with E-state index in [0.29, 0.717) is 16.7 Å². The van der Waals surface area contributed by atoms with Crippen molar-refractivity contribution in [3.63, 3.8) is 0 Å². The quantitative estimate of drug-likeness (QED) is 0.755. The van der Waals surface area contributed by atoms with Gasteiger partial charge in [0, 0.05) is 5.69 Å². The van der Waals surface area contributed by atoms with Crippen LogP contribution >= 0.6 is 23.2 Å². The number of nitrogens with zero attached hydrogens (tertiary/aromatic N) is 2. The normalized spacial score (nSPS) is 10.8. The van der Waals surface area contributed by atoms with Gasteiger partial charge in [-0.25, -0.2) is 4.39 Å². The second-order valence-electron chi connectivity index (χ2n) is 4.23. The molecule has 0 aliphatic rings. The first kappa shape index (κ1) is 13.8. The van der Waals surface area contributed by atoms with Crippen molar-refractivity contribution in [3.8, 4) is 0 Å². The number of aromatic amines is 1. The third kappa shape index (κ3) is 2.68. The van der Waals surface area contributed by atoms with Gasteiger partial charge in [-0.2, -0.15) is 15.4 Å². The summed E-state index contributed by atoms with van der Waals surface area (Å²) in [7, 11) is 0. The summed E-state index contributed by atoms with van der Waals surface area (Å²) in [4.78, 5) is 12.2. The fourth-order valence-corrected chi connectivity index (χ4v) is 2.50. The van der Waals surface area contributed by atoms with Gasteiger partial charge in [-0.1, -0.05) is 23.2 Å². The van der Waals surface area contributed by atoms with Gasteiger partial charge in [-0.15, -0.1) is 0 Å². The number of halogens is 3. The maximum atomic E-state index is 13.1. The number of hydrogen-bond donors (Lipinski definition) is 2. The number of aromatic nitrogens is 3. The number of rotatable bonds is 2. The molecule has 21 heavy (non-hydrogen) atoms. The Morgan fingerprint density at radius 2 is 1.76 bits per heavy atom. The largest absolute Gasteiger partial charge is 0.322 e. The third-order valence-electron chi connectivity index (χ3n) is 2.81. The number of benzene rings is 2. The monoisotopic (exact) mass is 324 g/mol. The lowest BCUT2D eigenvalue weighted by Gasteiger charge is -2.08. The molecule has 8 heteroatoms. The molecule has 0 unspecified atom stereocenters. The second kappa shape index (κ2) is 5.31. The molecule has 5 nitrogen and oxygen atoms in total. The Bertz CT molecular complexity index is 826. The van der Waals surface area contributed by atoms with E-state index in [1.54, 1.807) is 18.2 Å². The van der Waals surface area contributed by atoms with Gasteiger partial charge in [0.1, 0.15) is 16.9 Å². The third-order valence-corrected chi connectivity index (χ3v) is 3.40. The van der Waals surface area contributed by atoms with Crippen molar-refractivity contribution in [2.75, 3.05) is 5.32 Å². The van der Waals surface area contributed by atoms with Gasteiger partial charge < -0.3 is 5.32 Å². The predicted octanol–water partition coefficient (Wildman–Crippen LogP) is 3.66. The van der Waals surface area contributed by atoms with Crippen LogP contribution in [0.1, 0.15) is 10.4 Å². The molecule has 0 fully saturated rings. The van der Waals surface area contributed by atoms with Crippen molar-refractivity contribution in [2.45, 2.75) is 0 Å². The van der Waals surface area contributed by atoms with Crippen LogP contribution in [0.3, 0.4) is 0 Å². The minimum Gasteiger partial charge on any atom is -0.322 e. The molecule has 0 atom stereocenters. The van der Waals surface area contributed by atoms with Crippen molar-refractivity contribution in [3.05, 3.63) is 51.8 Å². The summed E-state index contributed by atoms with van der Waals surface area (Å²) in [6, 6.07) is 7.06.